The summed E-state index contributed by atoms with van der Waals surface area (Å²) in [5.74, 6) is 0. The second-order valence-electron chi connectivity index (χ2n) is 29.1. The SMILES string of the molecule is CC(C)(C)c1ccc(N(c2ccc3c(c2)N(c2cc4c(cc2-c2ccccc2)C(C)(C)CCC4(C)C)c2cc(-c4ccccc4)cc4c2B3c2cc(C(C)(C)C)cc3c2N4C2(C)CCCCC32C)c2cccc3sc4ccccc4c23)cc1. The molecule has 2 unspecified atom stereocenters. The van der Waals surface area contributed by atoms with E-state index in [9.17, 15) is 0 Å². The third-order valence-corrected chi connectivity index (χ3v) is 22.3. The summed E-state index contributed by atoms with van der Waals surface area (Å²) in [6.07, 6.45) is 7.08. The summed E-state index contributed by atoms with van der Waals surface area (Å²) in [7, 11) is 0. The molecule has 1 fully saturated rings. The van der Waals surface area contributed by atoms with Gasteiger partial charge in [-0.3, -0.25) is 0 Å². The van der Waals surface area contributed by atoms with Crippen molar-refractivity contribution in [1.82, 2.24) is 0 Å². The molecule has 5 aliphatic rings. The zero-order valence-corrected chi connectivity index (χ0v) is 51.7. The zero-order valence-electron chi connectivity index (χ0n) is 50.9. The molecule has 0 N–H and O–H groups in total. The molecule has 83 heavy (non-hydrogen) atoms. The predicted octanol–water partition coefficient (Wildman–Crippen LogP) is 20.2. The fourth-order valence-corrected chi connectivity index (χ4v) is 17.2. The molecule has 4 heterocycles. The second kappa shape index (κ2) is 18.1. The summed E-state index contributed by atoms with van der Waals surface area (Å²) < 4.78 is 2.60. The molecule has 3 aliphatic heterocycles. The molecule has 0 radical (unpaired) electrons. The van der Waals surface area contributed by atoms with Crippen LogP contribution < -0.4 is 31.1 Å². The minimum Gasteiger partial charge on any atom is -0.335 e. The maximum atomic E-state index is 2.92. The normalized spacial score (nSPS) is 20.0. The summed E-state index contributed by atoms with van der Waals surface area (Å²) in [5, 5.41) is 2.59. The van der Waals surface area contributed by atoms with E-state index in [1.807, 2.05) is 11.3 Å². The van der Waals surface area contributed by atoms with E-state index >= 15 is 0 Å². The third-order valence-electron chi connectivity index (χ3n) is 21.2. The minimum absolute atomic E-state index is 0.00584. The van der Waals surface area contributed by atoms with Gasteiger partial charge in [-0.05, 0) is 182 Å². The van der Waals surface area contributed by atoms with Crippen LogP contribution in [0.5, 0.6) is 0 Å². The highest BCUT2D eigenvalue weighted by Crippen LogP contribution is 2.63. The second-order valence-corrected chi connectivity index (χ2v) is 30.2. The van der Waals surface area contributed by atoms with Crippen molar-refractivity contribution in [1.29, 1.82) is 0 Å². The Morgan fingerprint density at radius 2 is 1.10 bits per heavy atom. The molecule has 0 bridgehead atoms. The molecule has 9 aromatic carbocycles. The first kappa shape index (κ1) is 52.5. The average molecular weight is 1100 g/mol. The van der Waals surface area contributed by atoms with E-state index in [1.165, 1.54) is 134 Å². The average Bonchev–Trinajstić information content (AvgIpc) is 1.60. The van der Waals surface area contributed by atoms with Gasteiger partial charge >= 0.3 is 0 Å². The first-order chi connectivity index (χ1) is 39.6. The molecule has 0 spiro atoms. The molecule has 1 saturated carbocycles. The molecule has 3 nitrogen and oxygen atoms in total. The third kappa shape index (κ3) is 7.74. The van der Waals surface area contributed by atoms with Crippen molar-refractivity contribution >= 4 is 100 Å². The van der Waals surface area contributed by atoms with Crippen LogP contribution in [0.1, 0.15) is 149 Å². The van der Waals surface area contributed by atoms with E-state index in [0.29, 0.717) is 0 Å². The molecule has 5 heteroatoms. The smallest absolute Gasteiger partial charge is 0.252 e. The van der Waals surface area contributed by atoms with Gasteiger partial charge in [-0.25, -0.2) is 0 Å². The standard InChI is InChI=1S/C78H78BN3S/c1-73(2,3)52-32-34-54(35-33-52)80(63-29-23-31-69-70(63)56-28-19-20-30-68(56)83-69)55-36-37-61-65(46-55)81(64-48-59-58(75(7,8)40-41-76(59,9)10)47-57(64)50-26-17-14-18-27-50)66-42-51(49-24-15-13-16-25-49)43-67-71(66)79(61)62-45-53(74(4,5)6)44-60-72(62)82(67)78(12)39-22-21-38-77(60,78)11/h13-20,23-37,42-48H,21-22,38-41H2,1-12H3. The summed E-state index contributed by atoms with van der Waals surface area (Å²) in [4.78, 5) is 8.28. The molecule has 2 aliphatic carbocycles. The maximum Gasteiger partial charge on any atom is 0.252 e. The number of nitrogens with zero attached hydrogens (tertiary/aromatic N) is 3. The lowest BCUT2D eigenvalue weighted by atomic mass is 9.33. The highest BCUT2D eigenvalue weighted by atomic mass is 32.1. The van der Waals surface area contributed by atoms with Gasteiger partial charge in [0.05, 0.1) is 16.9 Å². The lowest BCUT2D eigenvalue weighted by molar-refractivity contribution is 0.195. The van der Waals surface area contributed by atoms with Crippen molar-refractivity contribution in [3.63, 3.8) is 0 Å². The Bertz CT molecular complexity index is 4290. The van der Waals surface area contributed by atoms with E-state index in [2.05, 4.69) is 280 Å². The molecule has 15 rings (SSSR count). The van der Waals surface area contributed by atoms with Gasteiger partial charge in [0, 0.05) is 65.3 Å². The first-order valence-corrected chi connectivity index (χ1v) is 31.7. The van der Waals surface area contributed by atoms with Crippen molar-refractivity contribution in [2.45, 2.75) is 154 Å². The number of benzene rings is 9. The van der Waals surface area contributed by atoms with Crippen LogP contribution in [0.15, 0.2) is 182 Å². The molecule has 2 atom stereocenters. The van der Waals surface area contributed by atoms with Crippen LogP contribution in [0.4, 0.5) is 45.5 Å². The van der Waals surface area contributed by atoms with E-state index in [0.717, 1.165) is 30.6 Å². The molecule has 10 aromatic rings. The van der Waals surface area contributed by atoms with Crippen molar-refractivity contribution < 1.29 is 0 Å². The molecule has 0 saturated heterocycles. The molecule has 414 valence electrons. The highest BCUT2D eigenvalue weighted by molar-refractivity contribution is 7.26. The van der Waals surface area contributed by atoms with E-state index < -0.39 is 0 Å². The number of fused-ring (bicyclic) bond motifs is 11. The zero-order chi connectivity index (χ0) is 57.3. The summed E-state index contributed by atoms with van der Waals surface area (Å²) >= 11 is 1.89. The minimum atomic E-state index is -0.131. The summed E-state index contributed by atoms with van der Waals surface area (Å²) in [6.45, 7) is 29.4. The lowest BCUT2D eigenvalue weighted by Crippen LogP contribution is -2.64. The van der Waals surface area contributed by atoms with Crippen LogP contribution in [0.25, 0.3) is 42.4 Å². The Labute approximate surface area is 498 Å². The molecular weight excluding hydrogens is 1020 g/mol. The molecule has 1 aromatic heterocycles. The maximum absolute atomic E-state index is 2.92. The van der Waals surface area contributed by atoms with Crippen LogP contribution in [0, 0.1) is 0 Å². The quantitative estimate of drug-likeness (QED) is 0.154. The van der Waals surface area contributed by atoms with Crippen molar-refractivity contribution in [2.24, 2.45) is 0 Å². The fourth-order valence-electron chi connectivity index (χ4n) is 16.1. The number of thiophene rings is 1. The first-order valence-electron chi connectivity index (χ1n) is 30.9. The molecule has 0 amide bonds. The Hall–Kier alpha value is -7.34. The van der Waals surface area contributed by atoms with Gasteiger partial charge in [0.25, 0.3) is 6.71 Å². The van der Waals surface area contributed by atoms with Crippen LogP contribution in [-0.4, -0.2) is 12.3 Å². The highest BCUT2D eigenvalue weighted by Gasteiger charge is 2.62. The topological polar surface area (TPSA) is 9.72 Å². The Balaban J connectivity index is 1.10. The number of anilines is 8. The van der Waals surface area contributed by atoms with Gasteiger partial charge in [0.2, 0.25) is 0 Å². The van der Waals surface area contributed by atoms with Gasteiger partial charge in [-0.1, -0.05) is 204 Å². The van der Waals surface area contributed by atoms with E-state index in [-0.39, 0.29) is 39.3 Å². The Morgan fingerprint density at radius 3 is 1.81 bits per heavy atom. The molecular formula is C78H78BN3S. The fraction of sp³-hybridized carbons (Fsp3) is 0.308. The van der Waals surface area contributed by atoms with Gasteiger partial charge in [0.15, 0.2) is 0 Å². The van der Waals surface area contributed by atoms with Gasteiger partial charge in [-0.2, -0.15) is 0 Å². The monoisotopic (exact) mass is 1100 g/mol. The largest absolute Gasteiger partial charge is 0.335 e. The van der Waals surface area contributed by atoms with Gasteiger partial charge < -0.3 is 14.7 Å². The Morgan fingerprint density at radius 1 is 0.470 bits per heavy atom. The van der Waals surface area contributed by atoms with Crippen LogP contribution in [0.2, 0.25) is 0 Å². The van der Waals surface area contributed by atoms with Crippen LogP contribution >= 0.6 is 11.3 Å². The number of hydrogen-bond donors (Lipinski definition) is 0. The van der Waals surface area contributed by atoms with Crippen molar-refractivity contribution in [3.05, 3.63) is 210 Å². The Kier molecular flexibility index (Phi) is 11.4. The lowest BCUT2D eigenvalue weighted by Gasteiger charge is -2.53. The van der Waals surface area contributed by atoms with E-state index in [4.69, 9.17) is 0 Å². The van der Waals surface area contributed by atoms with Crippen LogP contribution in [-0.2, 0) is 27.1 Å². The van der Waals surface area contributed by atoms with Gasteiger partial charge in [0.1, 0.15) is 0 Å². The van der Waals surface area contributed by atoms with Crippen LogP contribution in [0.3, 0.4) is 0 Å². The van der Waals surface area contributed by atoms with E-state index in [1.54, 1.807) is 5.56 Å². The van der Waals surface area contributed by atoms with Crippen molar-refractivity contribution in [2.75, 3.05) is 14.7 Å². The number of rotatable bonds is 6. The summed E-state index contributed by atoms with van der Waals surface area (Å²) in [6, 6.07) is 71.5. The summed E-state index contributed by atoms with van der Waals surface area (Å²) in [5.41, 5.74) is 26.3. The van der Waals surface area contributed by atoms with Crippen molar-refractivity contribution in [3.8, 4) is 22.3 Å². The number of hydrogen-bond acceptors (Lipinski definition) is 4. The predicted molar refractivity (Wildman–Crippen MR) is 360 cm³/mol. The van der Waals surface area contributed by atoms with Gasteiger partial charge in [-0.15, -0.1) is 11.3 Å².